The second kappa shape index (κ2) is 6.86. The summed E-state index contributed by atoms with van der Waals surface area (Å²) in [6.07, 6.45) is 0.781. The zero-order valence-corrected chi connectivity index (χ0v) is 19.7. The molecule has 0 saturated heterocycles. The number of benzene rings is 3. The second-order valence-corrected chi connectivity index (χ2v) is 10.7. The van der Waals surface area contributed by atoms with E-state index in [9.17, 15) is 14.9 Å². The third-order valence-corrected chi connectivity index (χ3v) is 9.29. The fourth-order valence-corrected chi connectivity index (χ4v) is 7.83. The van der Waals surface area contributed by atoms with E-state index in [0.29, 0.717) is 22.3 Å². The van der Waals surface area contributed by atoms with Crippen LogP contribution in [-0.2, 0) is 10.2 Å². The molecule has 1 N–H and O–H groups in total. The van der Waals surface area contributed by atoms with Gasteiger partial charge in [0.15, 0.2) is 5.13 Å². The van der Waals surface area contributed by atoms with Gasteiger partial charge < -0.3 is 5.32 Å². The summed E-state index contributed by atoms with van der Waals surface area (Å²) >= 11 is 1.29. The molecule has 0 bridgehead atoms. The van der Waals surface area contributed by atoms with Crippen LogP contribution in [0.2, 0.25) is 0 Å². The molecule has 0 aliphatic heterocycles. The predicted octanol–water partition coefficient (Wildman–Crippen LogP) is 6.25. The van der Waals surface area contributed by atoms with Crippen LogP contribution >= 0.6 is 11.3 Å². The maximum Gasteiger partial charge on any atom is 0.278 e. The molecule has 3 aliphatic rings. The molecular weight excluding hydrogens is 458 g/mol. The lowest BCUT2D eigenvalue weighted by Gasteiger charge is -2.67. The van der Waals surface area contributed by atoms with Gasteiger partial charge in [-0.15, -0.1) is 11.3 Å². The van der Waals surface area contributed by atoms with Crippen LogP contribution in [0.5, 0.6) is 0 Å². The van der Waals surface area contributed by atoms with Crippen LogP contribution in [0.15, 0.2) is 78.2 Å². The van der Waals surface area contributed by atoms with Crippen LogP contribution in [0.4, 0.5) is 10.8 Å². The number of anilines is 1. The van der Waals surface area contributed by atoms with E-state index in [0.717, 1.165) is 6.42 Å². The molecule has 7 rings (SSSR count). The van der Waals surface area contributed by atoms with Crippen LogP contribution < -0.4 is 5.32 Å². The number of para-hydroxylation sites is 1. The lowest BCUT2D eigenvalue weighted by Crippen LogP contribution is -2.68. The second-order valence-electron chi connectivity index (χ2n) is 9.87. The van der Waals surface area contributed by atoms with E-state index in [-0.39, 0.29) is 22.9 Å². The fourth-order valence-electron chi connectivity index (χ4n) is 7.12. The number of nitrogens with zero attached hydrogens (tertiary/aromatic N) is 2. The Morgan fingerprint density at radius 2 is 1.71 bits per heavy atom. The van der Waals surface area contributed by atoms with Crippen molar-refractivity contribution in [3.8, 4) is 11.3 Å². The highest BCUT2D eigenvalue weighted by atomic mass is 32.1. The van der Waals surface area contributed by atoms with Crippen molar-refractivity contribution in [3.63, 3.8) is 0 Å². The molecule has 1 amide bonds. The third kappa shape index (κ3) is 2.38. The Balaban J connectivity index is 1.24. The van der Waals surface area contributed by atoms with Crippen molar-refractivity contribution in [1.29, 1.82) is 0 Å². The van der Waals surface area contributed by atoms with Gasteiger partial charge in [0.05, 0.1) is 21.6 Å². The molecule has 3 aromatic carbocycles. The van der Waals surface area contributed by atoms with E-state index in [2.05, 4.69) is 65.8 Å². The van der Waals surface area contributed by atoms with Crippen LogP contribution in [0, 0.1) is 15.5 Å². The molecule has 1 spiro atoms. The molecule has 4 atom stereocenters. The van der Waals surface area contributed by atoms with Crippen molar-refractivity contribution in [2.24, 2.45) is 5.41 Å². The Bertz CT molecular complexity index is 1560. The first-order valence-electron chi connectivity index (χ1n) is 11.7. The number of carbonyl (C=O) groups is 1. The summed E-state index contributed by atoms with van der Waals surface area (Å²) in [5.74, 6) is 0.515. The SMILES string of the molecule is CC1(C(=O)Nc2nc(-c3ccccc3[N+](=O)[O-])cs2)CC2c3ccccc3C3c4ccccc4C231. The first-order valence-corrected chi connectivity index (χ1v) is 12.5. The number of rotatable bonds is 4. The lowest BCUT2D eigenvalue weighted by atomic mass is 9.34. The number of fused-ring (bicyclic) bond motifs is 5. The Kier molecular flexibility index (Phi) is 4.02. The first-order chi connectivity index (χ1) is 17.0. The van der Waals surface area contributed by atoms with Gasteiger partial charge in [-0.2, -0.15) is 0 Å². The van der Waals surface area contributed by atoms with Crippen molar-refractivity contribution in [2.45, 2.75) is 30.6 Å². The average Bonchev–Trinajstić information content (AvgIpc) is 3.39. The number of hydrogen-bond donors (Lipinski definition) is 1. The largest absolute Gasteiger partial charge is 0.301 e. The van der Waals surface area contributed by atoms with Crippen molar-refractivity contribution in [1.82, 2.24) is 4.98 Å². The molecule has 7 heteroatoms. The molecule has 1 heterocycles. The van der Waals surface area contributed by atoms with Crippen molar-refractivity contribution < 1.29 is 9.72 Å². The fraction of sp³-hybridized carbons (Fsp3) is 0.214. The highest BCUT2D eigenvalue weighted by Crippen LogP contribution is 2.81. The molecule has 4 unspecified atom stereocenters. The van der Waals surface area contributed by atoms with Gasteiger partial charge in [-0.25, -0.2) is 4.98 Å². The van der Waals surface area contributed by atoms with Gasteiger partial charge in [0.25, 0.3) is 5.69 Å². The molecular formula is C28H21N3O3S. The molecule has 1 aromatic heterocycles. The quantitative estimate of drug-likeness (QED) is 0.277. The summed E-state index contributed by atoms with van der Waals surface area (Å²) in [6.45, 7) is 2.09. The maximum absolute atomic E-state index is 13.9. The Labute approximate surface area is 205 Å². The van der Waals surface area contributed by atoms with Crippen molar-refractivity contribution in [2.75, 3.05) is 5.32 Å². The van der Waals surface area contributed by atoms with E-state index < -0.39 is 10.3 Å². The molecule has 6 nitrogen and oxygen atoms in total. The standard InChI is InChI=1S/C28H21N3O3S/c1-27(25(32)30-26-29-22(15-35-26)19-11-5-7-13-23(19)31(33)34)14-21-16-8-2-3-9-17(16)24-18-10-4-6-12-20(18)28(21,24)27/h2-13,15,21,24H,14H2,1H3,(H,29,30,32). The van der Waals surface area contributed by atoms with Crippen LogP contribution in [0.1, 0.15) is 47.4 Å². The number of hydrogen-bond acceptors (Lipinski definition) is 5. The summed E-state index contributed by atoms with van der Waals surface area (Å²) in [5, 5.41) is 16.7. The van der Waals surface area contributed by atoms with E-state index in [1.165, 1.54) is 39.7 Å². The van der Waals surface area contributed by atoms with Crippen molar-refractivity contribution in [3.05, 3.63) is 111 Å². The third-order valence-electron chi connectivity index (χ3n) is 8.53. The Morgan fingerprint density at radius 3 is 2.51 bits per heavy atom. The summed E-state index contributed by atoms with van der Waals surface area (Å²) in [7, 11) is 0. The minimum absolute atomic E-state index is 0.000925. The number of nitro groups is 1. The zero-order chi connectivity index (χ0) is 23.9. The monoisotopic (exact) mass is 479 g/mol. The Hall–Kier alpha value is -3.84. The van der Waals surface area contributed by atoms with Gasteiger partial charge in [-0.3, -0.25) is 14.9 Å². The molecule has 35 heavy (non-hydrogen) atoms. The molecule has 0 radical (unpaired) electrons. The van der Waals surface area contributed by atoms with Crippen LogP contribution in [0.25, 0.3) is 11.3 Å². The van der Waals surface area contributed by atoms with Crippen LogP contribution in [0.3, 0.4) is 0 Å². The van der Waals surface area contributed by atoms with E-state index >= 15 is 0 Å². The average molecular weight is 480 g/mol. The van der Waals surface area contributed by atoms with Gasteiger partial charge in [-0.1, -0.05) is 60.7 Å². The first kappa shape index (κ1) is 20.5. The summed E-state index contributed by atoms with van der Waals surface area (Å²) < 4.78 is 0. The summed E-state index contributed by atoms with van der Waals surface area (Å²) in [4.78, 5) is 29.5. The highest BCUT2D eigenvalue weighted by Gasteiger charge is 2.78. The molecule has 172 valence electrons. The Morgan fingerprint density at radius 1 is 1.03 bits per heavy atom. The number of nitrogens with one attached hydrogen (secondary N) is 1. The van der Waals surface area contributed by atoms with Crippen LogP contribution in [-0.4, -0.2) is 15.8 Å². The molecule has 4 aromatic rings. The summed E-state index contributed by atoms with van der Waals surface area (Å²) in [5.41, 5.74) is 5.45. The van der Waals surface area contributed by atoms with Gasteiger partial charge in [-0.05, 0) is 47.6 Å². The highest BCUT2D eigenvalue weighted by molar-refractivity contribution is 7.14. The zero-order valence-electron chi connectivity index (χ0n) is 18.9. The molecule has 1 fully saturated rings. The van der Waals surface area contributed by atoms with E-state index in [1.807, 2.05) is 0 Å². The predicted molar refractivity (Wildman–Crippen MR) is 135 cm³/mol. The summed E-state index contributed by atoms with van der Waals surface area (Å²) in [6, 6.07) is 23.7. The van der Waals surface area contributed by atoms with Gasteiger partial charge in [0.2, 0.25) is 5.91 Å². The molecule has 1 saturated carbocycles. The lowest BCUT2D eigenvalue weighted by molar-refractivity contribution is -0.384. The number of amides is 1. The maximum atomic E-state index is 13.9. The number of nitro benzene ring substituents is 1. The van der Waals surface area contributed by atoms with Crippen molar-refractivity contribution >= 4 is 28.1 Å². The molecule has 3 aliphatic carbocycles. The van der Waals surface area contributed by atoms with E-state index in [4.69, 9.17) is 0 Å². The smallest absolute Gasteiger partial charge is 0.278 e. The number of thiazole rings is 1. The normalized spacial score (nSPS) is 26.9. The minimum Gasteiger partial charge on any atom is -0.301 e. The van der Waals surface area contributed by atoms with E-state index in [1.54, 1.807) is 23.6 Å². The van der Waals surface area contributed by atoms with Gasteiger partial charge in [0, 0.05) is 22.8 Å². The topological polar surface area (TPSA) is 85.1 Å². The minimum atomic E-state index is -0.583. The van der Waals surface area contributed by atoms with Gasteiger partial charge in [0.1, 0.15) is 0 Å². The number of aromatic nitrogens is 1. The van der Waals surface area contributed by atoms with Gasteiger partial charge >= 0.3 is 0 Å². The number of carbonyl (C=O) groups excluding carboxylic acids is 1.